The Balaban J connectivity index is 1.44. The zero-order valence-corrected chi connectivity index (χ0v) is 65.8. The monoisotopic (exact) mass is 1320 g/mol. The highest BCUT2D eigenvalue weighted by Gasteiger charge is 2.35. The quantitative estimate of drug-likeness (QED) is 0.0638. The summed E-state index contributed by atoms with van der Waals surface area (Å²) >= 11 is 0. The van der Waals surface area contributed by atoms with Crippen molar-refractivity contribution in [2.75, 3.05) is 19.8 Å². The van der Waals surface area contributed by atoms with Crippen molar-refractivity contribution in [2.45, 2.75) is 301 Å². The molecule has 9 heteroatoms. The first kappa shape index (κ1) is 79.1. The van der Waals surface area contributed by atoms with Crippen LogP contribution in [0.4, 0.5) is 0 Å². The highest BCUT2D eigenvalue weighted by atomic mass is 16.5. The Morgan fingerprint density at radius 2 is 0.505 bits per heavy atom. The minimum absolute atomic E-state index is 0.0269. The molecule has 0 aromatic heterocycles. The molecule has 0 fully saturated rings. The van der Waals surface area contributed by atoms with Crippen LogP contribution < -0.4 is 14.2 Å². The molecule has 0 spiro atoms. The van der Waals surface area contributed by atoms with E-state index in [-0.39, 0.29) is 134 Å². The molecule has 0 amide bonds. The molecule has 0 heterocycles. The molecule has 3 N–H and O–H groups in total. The van der Waals surface area contributed by atoms with Crippen molar-refractivity contribution >= 4 is 17.3 Å². The van der Waals surface area contributed by atoms with E-state index in [1.807, 2.05) is 36.4 Å². The van der Waals surface area contributed by atoms with Crippen LogP contribution >= 0.6 is 0 Å². The number of phenols is 3. The number of ether oxygens (including phenoxy) is 3. The molecule has 530 valence electrons. The van der Waals surface area contributed by atoms with E-state index in [0.717, 1.165) is 90.4 Å². The SMILES string of the molecule is Cc1cc(OCCC(=O)c2cc(C(C)(C)C)c(O)c(C(C)(C)C)c2)c(C(C)(C)C)cc1C(C)CC(c1cc(C(C)(C)C)c(OCCC(=O)c2cc(C(C)(C)C)c(O)c(C(C)(C)C)c2)cc1C)c1cc(C(C)(C)C)c(OCCC(=O)c2cc(C(C)(C)C)c(O)c(C(C)(C)C)c2)cc1C. The standard InChI is InChI=1S/C88H124O9/c1-51(58-48-62(80(5,6)7)74(39-52(58)2)95-35-32-71(89)55-42-65(83(14,15)16)77(92)66(43-55)84(17,18)19)38-61(59-49-63(81(8,9)10)75(40-53(59)3)96-36-33-72(90)56-44-67(85(20,21)22)78(93)68(45-56)86(23,24)25)60-50-64(82(11,12)13)76(41-54(60)4)97-37-34-73(91)57-46-69(87(26,27)28)79(94)70(47-57)88(29,30)31/h39-51,61,92-94H,32-38H2,1-31H3. The van der Waals surface area contributed by atoms with Crippen LogP contribution in [0.3, 0.4) is 0 Å². The minimum Gasteiger partial charge on any atom is -0.507 e. The summed E-state index contributed by atoms with van der Waals surface area (Å²) in [5, 5.41) is 34.4. The van der Waals surface area contributed by atoms with E-state index in [0.29, 0.717) is 16.7 Å². The number of carbonyl (C=O) groups is 3. The first-order valence-corrected chi connectivity index (χ1v) is 35.5. The molecule has 6 rings (SSSR count). The Labute approximate surface area is 586 Å². The number of hydrogen-bond acceptors (Lipinski definition) is 9. The van der Waals surface area contributed by atoms with E-state index in [4.69, 9.17) is 14.2 Å². The highest BCUT2D eigenvalue weighted by Crippen LogP contribution is 2.49. The van der Waals surface area contributed by atoms with Gasteiger partial charge in [-0.3, -0.25) is 14.4 Å². The summed E-state index contributed by atoms with van der Waals surface area (Å²) in [5.41, 5.74) is 12.8. The van der Waals surface area contributed by atoms with Gasteiger partial charge >= 0.3 is 0 Å². The second kappa shape index (κ2) is 28.4. The van der Waals surface area contributed by atoms with E-state index in [9.17, 15) is 29.7 Å². The maximum Gasteiger partial charge on any atom is 0.166 e. The van der Waals surface area contributed by atoms with Gasteiger partial charge in [-0.1, -0.05) is 212 Å². The van der Waals surface area contributed by atoms with Gasteiger partial charge in [-0.2, -0.15) is 0 Å². The number of carbonyl (C=O) groups excluding carboxylic acids is 3. The normalized spacial score (nSPS) is 13.5. The lowest BCUT2D eigenvalue weighted by Gasteiger charge is -2.32. The lowest BCUT2D eigenvalue weighted by atomic mass is 9.74. The topological polar surface area (TPSA) is 140 Å². The molecule has 0 aliphatic heterocycles. The molecule has 0 saturated heterocycles. The van der Waals surface area contributed by atoms with Crippen LogP contribution in [0.2, 0.25) is 0 Å². The molecule has 9 nitrogen and oxygen atoms in total. The van der Waals surface area contributed by atoms with Gasteiger partial charge in [0.2, 0.25) is 0 Å². The predicted octanol–water partition coefficient (Wildman–Crippen LogP) is 22.7. The van der Waals surface area contributed by atoms with Gasteiger partial charge in [-0.25, -0.2) is 0 Å². The molecule has 0 bridgehead atoms. The average Bonchev–Trinajstić information content (AvgIpc) is 0.586. The fourth-order valence-electron chi connectivity index (χ4n) is 13.4. The Hall–Kier alpha value is -6.87. The molecule has 6 aromatic carbocycles. The highest BCUT2D eigenvalue weighted by molar-refractivity contribution is 5.98. The van der Waals surface area contributed by atoms with Crippen LogP contribution in [0, 0.1) is 20.8 Å². The smallest absolute Gasteiger partial charge is 0.166 e. The van der Waals surface area contributed by atoms with E-state index < -0.39 is 0 Å². The first-order valence-electron chi connectivity index (χ1n) is 35.5. The summed E-state index contributed by atoms with van der Waals surface area (Å²) in [6.45, 7) is 66.2. The fourth-order valence-corrected chi connectivity index (χ4v) is 13.4. The van der Waals surface area contributed by atoms with Crippen LogP contribution in [-0.2, 0) is 48.7 Å². The molecule has 6 aromatic rings. The molecule has 0 radical (unpaired) electrons. The summed E-state index contributed by atoms with van der Waals surface area (Å²) in [5.74, 6) is 2.73. The van der Waals surface area contributed by atoms with Crippen LogP contribution in [0.1, 0.15) is 346 Å². The third kappa shape index (κ3) is 18.9. The summed E-state index contributed by atoms with van der Waals surface area (Å²) in [6.07, 6.45) is 1.21. The first-order chi connectivity index (χ1) is 43.9. The van der Waals surface area contributed by atoms with Crippen LogP contribution in [0.15, 0.2) is 72.8 Å². The Bertz CT molecular complexity index is 3620. The van der Waals surface area contributed by atoms with Crippen molar-refractivity contribution in [1.29, 1.82) is 0 Å². The van der Waals surface area contributed by atoms with Gasteiger partial charge < -0.3 is 29.5 Å². The van der Waals surface area contributed by atoms with Gasteiger partial charge in [-0.05, 0) is 187 Å². The zero-order valence-electron chi connectivity index (χ0n) is 65.8. The van der Waals surface area contributed by atoms with Crippen LogP contribution in [0.25, 0.3) is 0 Å². The number of phenolic OH excluding ortho intramolecular Hbond substituents is 3. The molecule has 1 atom stereocenters. The van der Waals surface area contributed by atoms with Crippen molar-refractivity contribution < 1.29 is 43.9 Å². The van der Waals surface area contributed by atoms with Crippen LogP contribution in [0.5, 0.6) is 34.5 Å². The third-order valence-electron chi connectivity index (χ3n) is 19.3. The van der Waals surface area contributed by atoms with Gasteiger partial charge in [0.25, 0.3) is 0 Å². The lowest BCUT2D eigenvalue weighted by molar-refractivity contribution is 0.0952. The van der Waals surface area contributed by atoms with Gasteiger partial charge in [0.05, 0.1) is 19.8 Å². The molecule has 0 aliphatic rings. The van der Waals surface area contributed by atoms with Crippen molar-refractivity contribution in [1.82, 2.24) is 0 Å². The van der Waals surface area contributed by atoms with Crippen molar-refractivity contribution in [3.05, 3.63) is 173 Å². The Kier molecular flexibility index (Phi) is 23.2. The number of rotatable bonds is 20. The predicted molar refractivity (Wildman–Crippen MR) is 404 cm³/mol. The van der Waals surface area contributed by atoms with Gasteiger partial charge in [0, 0.05) is 75.3 Å². The number of hydrogen-bond donors (Lipinski definition) is 3. The van der Waals surface area contributed by atoms with Crippen molar-refractivity contribution in [2.24, 2.45) is 0 Å². The number of Topliss-reactive ketones (excluding diaryl/α,β-unsaturated/α-hetero) is 3. The second-order valence-corrected chi connectivity index (χ2v) is 37.4. The Morgan fingerprint density at radius 1 is 0.309 bits per heavy atom. The molecule has 0 saturated carbocycles. The number of aryl methyl sites for hydroxylation is 3. The number of ketones is 3. The molecule has 97 heavy (non-hydrogen) atoms. The van der Waals surface area contributed by atoms with E-state index >= 15 is 0 Å². The van der Waals surface area contributed by atoms with Gasteiger partial charge in [-0.15, -0.1) is 0 Å². The summed E-state index contributed by atoms with van der Waals surface area (Å²) in [7, 11) is 0. The van der Waals surface area contributed by atoms with Crippen LogP contribution in [-0.4, -0.2) is 52.5 Å². The largest absolute Gasteiger partial charge is 0.507 e. The summed E-state index contributed by atoms with van der Waals surface area (Å²) in [4.78, 5) is 42.7. The molecule has 1 unspecified atom stereocenters. The maximum absolute atomic E-state index is 14.3. The molecule has 0 aliphatic carbocycles. The summed E-state index contributed by atoms with van der Waals surface area (Å²) < 4.78 is 20.3. The Morgan fingerprint density at radius 3 is 0.711 bits per heavy atom. The van der Waals surface area contributed by atoms with E-state index in [1.54, 1.807) is 0 Å². The van der Waals surface area contributed by atoms with E-state index in [2.05, 4.69) is 251 Å². The van der Waals surface area contributed by atoms with Gasteiger partial charge in [0.15, 0.2) is 17.3 Å². The number of aromatic hydroxyl groups is 3. The zero-order chi connectivity index (χ0) is 73.8. The van der Waals surface area contributed by atoms with Crippen molar-refractivity contribution in [3.8, 4) is 34.5 Å². The van der Waals surface area contributed by atoms with Gasteiger partial charge in [0.1, 0.15) is 34.5 Å². The van der Waals surface area contributed by atoms with Crippen molar-refractivity contribution in [3.63, 3.8) is 0 Å². The number of benzene rings is 6. The summed E-state index contributed by atoms with van der Waals surface area (Å²) in [6, 6.07) is 24.6. The second-order valence-electron chi connectivity index (χ2n) is 37.4. The molecular weight excluding hydrogens is 1200 g/mol. The molecular formula is C88H124O9. The maximum atomic E-state index is 14.3. The fraction of sp³-hybridized carbons (Fsp3) is 0.557. The average molecular weight is 1330 g/mol. The lowest BCUT2D eigenvalue weighted by Crippen LogP contribution is -2.20. The minimum atomic E-state index is -0.383. The van der Waals surface area contributed by atoms with E-state index in [1.165, 1.54) is 16.7 Å². The third-order valence-corrected chi connectivity index (χ3v) is 19.3.